The average Bonchev–Trinajstić information content (AvgIpc) is 2.31. The molecule has 1 heterocycles. The van der Waals surface area contributed by atoms with Crippen LogP contribution < -0.4 is 5.73 Å². The van der Waals surface area contributed by atoms with Gasteiger partial charge in [0.15, 0.2) is 0 Å². The molecule has 88 valence electrons. The Morgan fingerprint density at radius 3 is 2.07 bits per heavy atom. The standard InChI is InChI=1S/C11H22N2O2/c12-10(11(14)15)9-13-7-5-3-1-2-4-6-8-13/h10H,1-9,12H2,(H,14,15). The molecule has 1 saturated heterocycles. The summed E-state index contributed by atoms with van der Waals surface area (Å²) in [5, 5.41) is 8.74. The maximum absolute atomic E-state index is 10.6. The first kappa shape index (κ1) is 12.5. The molecule has 0 aromatic rings. The van der Waals surface area contributed by atoms with Crippen LogP contribution in [0.3, 0.4) is 0 Å². The van der Waals surface area contributed by atoms with E-state index in [2.05, 4.69) is 4.90 Å². The van der Waals surface area contributed by atoms with E-state index in [1.54, 1.807) is 0 Å². The van der Waals surface area contributed by atoms with Crippen LogP contribution in [0.4, 0.5) is 0 Å². The number of nitrogens with zero attached hydrogens (tertiary/aromatic N) is 1. The summed E-state index contributed by atoms with van der Waals surface area (Å²) >= 11 is 0. The zero-order valence-corrected chi connectivity index (χ0v) is 9.32. The summed E-state index contributed by atoms with van der Waals surface area (Å²) in [6, 6.07) is -0.731. The number of aliphatic carboxylic acids is 1. The molecule has 0 amide bonds. The minimum atomic E-state index is -0.894. The van der Waals surface area contributed by atoms with Crippen molar-refractivity contribution in [1.82, 2.24) is 4.90 Å². The Labute approximate surface area is 91.4 Å². The molecule has 1 aliphatic rings. The molecule has 0 spiro atoms. The van der Waals surface area contributed by atoms with Crippen molar-refractivity contribution in [2.24, 2.45) is 5.73 Å². The van der Waals surface area contributed by atoms with Gasteiger partial charge in [0.25, 0.3) is 0 Å². The molecule has 1 atom stereocenters. The molecule has 0 saturated carbocycles. The van der Waals surface area contributed by atoms with Crippen LogP contribution in [-0.4, -0.2) is 41.7 Å². The van der Waals surface area contributed by atoms with Crippen LogP contribution in [0.25, 0.3) is 0 Å². The quantitative estimate of drug-likeness (QED) is 0.737. The molecule has 0 aromatic carbocycles. The highest BCUT2D eigenvalue weighted by atomic mass is 16.4. The average molecular weight is 214 g/mol. The Hall–Kier alpha value is -0.610. The number of carboxylic acids is 1. The first-order valence-corrected chi connectivity index (χ1v) is 5.91. The van der Waals surface area contributed by atoms with Gasteiger partial charge in [-0.3, -0.25) is 4.79 Å². The molecule has 0 radical (unpaired) electrons. The van der Waals surface area contributed by atoms with Gasteiger partial charge in [-0.15, -0.1) is 0 Å². The molecule has 0 aromatic heterocycles. The van der Waals surface area contributed by atoms with Crippen molar-refractivity contribution < 1.29 is 9.90 Å². The summed E-state index contributed by atoms with van der Waals surface area (Å²) in [4.78, 5) is 12.8. The third-order valence-electron chi connectivity index (χ3n) is 2.97. The fourth-order valence-electron chi connectivity index (χ4n) is 2.03. The molecule has 0 bridgehead atoms. The maximum atomic E-state index is 10.6. The number of nitrogens with two attached hydrogens (primary N) is 1. The normalized spacial score (nSPS) is 22.5. The van der Waals surface area contributed by atoms with Gasteiger partial charge in [0.05, 0.1) is 0 Å². The van der Waals surface area contributed by atoms with Gasteiger partial charge in [-0.1, -0.05) is 25.7 Å². The van der Waals surface area contributed by atoms with Crippen molar-refractivity contribution >= 4 is 5.97 Å². The summed E-state index contributed by atoms with van der Waals surface area (Å²) in [5.74, 6) is -0.894. The molecule has 1 aliphatic heterocycles. The summed E-state index contributed by atoms with van der Waals surface area (Å²) in [7, 11) is 0. The van der Waals surface area contributed by atoms with Gasteiger partial charge in [-0.25, -0.2) is 0 Å². The van der Waals surface area contributed by atoms with E-state index in [0.29, 0.717) is 6.54 Å². The smallest absolute Gasteiger partial charge is 0.321 e. The zero-order valence-electron chi connectivity index (χ0n) is 9.32. The second kappa shape index (κ2) is 6.80. The van der Waals surface area contributed by atoms with Gasteiger partial charge in [0, 0.05) is 6.54 Å². The monoisotopic (exact) mass is 214 g/mol. The van der Waals surface area contributed by atoms with Crippen LogP contribution >= 0.6 is 0 Å². The Kier molecular flexibility index (Phi) is 5.65. The molecule has 1 fully saturated rings. The van der Waals surface area contributed by atoms with Gasteiger partial charge >= 0.3 is 5.97 Å². The topological polar surface area (TPSA) is 66.6 Å². The molecule has 1 unspecified atom stereocenters. The second-order valence-corrected chi connectivity index (χ2v) is 4.37. The lowest BCUT2D eigenvalue weighted by molar-refractivity contribution is -0.139. The summed E-state index contributed by atoms with van der Waals surface area (Å²) in [5.41, 5.74) is 5.54. The molecular weight excluding hydrogens is 192 g/mol. The van der Waals surface area contributed by atoms with E-state index in [1.807, 2.05) is 0 Å². The largest absolute Gasteiger partial charge is 0.480 e. The Bertz CT molecular complexity index is 187. The fourth-order valence-corrected chi connectivity index (χ4v) is 2.03. The molecule has 4 heteroatoms. The number of carboxylic acid groups (broad SMARTS) is 1. The number of rotatable bonds is 3. The molecule has 1 rings (SSSR count). The van der Waals surface area contributed by atoms with E-state index >= 15 is 0 Å². The predicted octanol–water partition coefficient (Wildman–Crippen LogP) is 1.05. The second-order valence-electron chi connectivity index (χ2n) is 4.37. The minimum absolute atomic E-state index is 0.495. The number of hydrogen-bond donors (Lipinski definition) is 2. The summed E-state index contributed by atoms with van der Waals surface area (Å²) in [6.07, 6.45) is 7.51. The van der Waals surface area contributed by atoms with Crippen LogP contribution in [-0.2, 0) is 4.79 Å². The highest BCUT2D eigenvalue weighted by molar-refractivity contribution is 5.73. The summed E-state index contributed by atoms with van der Waals surface area (Å²) in [6.45, 7) is 2.50. The lowest BCUT2D eigenvalue weighted by Crippen LogP contribution is -2.43. The fraction of sp³-hybridized carbons (Fsp3) is 0.909. The molecule has 4 nitrogen and oxygen atoms in total. The van der Waals surface area contributed by atoms with Crippen LogP contribution in [0.5, 0.6) is 0 Å². The number of hydrogen-bond acceptors (Lipinski definition) is 3. The van der Waals surface area contributed by atoms with E-state index in [0.717, 1.165) is 13.1 Å². The van der Waals surface area contributed by atoms with E-state index in [1.165, 1.54) is 38.5 Å². The predicted molar refractivity (Wildman–Crippen MR) is 59.8 cm³/mol. The molecular formula is C11H22N2O2. The highest BCUT2D eigenvalue weighted by Gasteiger charge is 2.16. The van der Waals surface area contributed by atoms with Crippen molar-refractivity contribution in [3.8, 4) is 0 Å². The highest BCUT2D eigenvalue weighted by Crippen LogP contribution is 2.11. The van der Waals surface area contributed by atoms with Gasteiger partial charge in [-0.05, 0) is 25.9 Å². The van der Waals surface area contributed by atoms with Crippen molar-refractivity contribution in [1.29, 1.82) is 0 Å². The SMILES string of the molecule is NC(CN1CCCCCCCC1)C(=O)O. The lowest BCUT2D eigenvalue weighted by atomic mass is 10.1. The van der Waals surface area contributed by atoms with E-state index in [-0.39, 0.29) is 0 Å². The van der Waals surface area contributed by atoms with E-state index < -0.39 is 12.0 Å². The Morgan fingerprint density at radius 2 is 1.60 bits per heavy atom. The lowest BCUT2D eigenvalue weighted by Gasteiger charge is -2.23. The Morgan fingerprint density at radius 1 is 1.13 bits per heavy atom. The van der Waals surface area contributed by atoms with Gasteiger partial charge in [0.1, 0.15) is 6.04 Å². The zero-order chi connectivity index (χ0) is 11.1. The van der Waals surface area contributed by atoms with Gasteiger partial charge < -0.3 is 15.7 Å². The first-order valence-electron chi connectivity index (χ1n) is 5.91. The van der Waals surface area contributed by atoms with Gasteiger partial charge in [-0.2, -0.15) is 0 Å². The van der Waals surface area contributed by atoms with E-state index in [9.17, 15) is 4.79 Å². The van der Waals surface area contributed by atoms with Crippen molar-refractivity contribution in [3.63, 3.8) is 0 Å². The minimum Gasteiger partial charge on any atom is -0.480 e. The van der Waals surface area contributed by atoms with Crippen LogP contribution in [0, 0.1) is 0 Å². The summed E-state index contributed by atoms with van der Waals surface area (Å²) < 4.78 is 0. The van der Waals surface area contributed by atoms with E-state index in [4.69, 9.17) is 10.8 Å². The molecule has 3 N–H and O–H groups in total. The molecule has 15 heavy (non-hydrogen) atoms. The maximum Gasteiger partial charge on any atom is 0.321 e. The van der Waals surface area contributed by atoms with Gasteiger partial charge in [0.2, 0.25) is 0 Å². The van der Waals surface area contributed by atoms with Crippen molar-refractivity contribution in [2.45, 2.75) is 44.6 Å². The Balaban J connectivity index is 2.32. The third kappa shape index (κ3) is 5.14. The van der Waals surface area contributed by atoms with Crippen LogP contribution in [0.2, 0.25) is 0 Å². The third-order valence-corrected chi connectivity index (χ3v) is 2.97. The van der Waals surface area contributed by atoms with Crippen molar-refractivity contribution in [3.05, 3.63) is 0 Å². The van der Waals surface area contributed by atoms with Crippen LogP contribution in [0.15, 0.2) is 0 Å². The number of carbonyl (C=O) groups is 1. The van der Waals surface area contributed by atoms with Crippen molar-refractivity contribution in [2.75, 3.05) is 19.6 Å². The first-order chi connectivity index (χ1) is 7.20. The van der Waals surface area contributed by atoms with Crippen LogP contribution in [0.1, 0.15) is 38.5 Å². The molecule has 0 aliphatic carbocycles.